The first-order valence-corrected chi connectivity index (χ1v) is 13.0. The molecule has 0 saturated carbocycles. The number of nitrogens with zero attached hydrogens (tertiary/aromatic N) is 3. The van der Waals surface area contributed by atoms with Crippen LogP contribution in [0.4, 0.5) is 0 Å². The molecule has 8 heteroatoms. The summed E-state index contributed by atoms with van der Waals surface area (Å²) >= 11 is 7.55. The van der Waals surface area contributed by atoms with Gasteiger partial charge in [-0.15, -0.1) is 0 Å². The summed E-state index contributed by atoms with van der Waals surface area (Å²) in [7, 11) is 0. The van der Waals surface area contributed by atoms with Gasteiger partial charge in [-0.1, -0.05) is 55.3 Å². The number of carbonyl (C=O) groups is 1. The summed E-state index contributed by atoms with van der Waals surface area (Å²) in [6.45, 7) is 3.12. The van der Waals surface area contributed by atoms with E-state index >= 15 is 0 Å². The number of carbonyl (C=O) groups excluding carboxylic acids is 1. The lowest BCUT2D eigenvalue weighted by Crippen LogP contribution is -2.25. The first-order valence-electron chi connectivity index (χ1n) is 11.6. The zero-order valence-corrected chi connectivity index (χ0v) is 21.1. The molecule has 0 saturated heterocycles. The number of aromatic nitrogens is 3. The molecule has 2 aromatic heterocycles. The van der Waals surface area contributed by atoms with Crippen molar-refractivity contribution in [1.82, 2.24) is 19.9 Å². The zero-order valence-electron chi connectivity index (χ0n) is 19.5. The Bertz CT molecular complexity index is 1370. The van der Waals surface area contributed by atoms with Crippen LogP contribution in [0.1, 0.15) is 47.7 Å². The average molecular weight is 507 g/mol. The summed E-state index contributed by atoms with van der Waals surface area (Å²) in [5.41, 5.74) is 2.92. The van der Waals surface area contributed by atoms with E-state index in [1.54, 1.807) is 41.2 Å². The molecule has 4 aromatic rings. The van der Waals surface area contributed by atoms with Crippen molar-refractivity contribution >= 4 is 40.2 Å². The summed E-state index contributed by atoms with van der Waals surface area (Å²) in [6, 6.07) is 16.3. The second kappa shape index (κ2) is 12.0. The number of thioether (sulfide) groups is 1. The quantitative estimate of drug-likeness (QED) is 0.166. The van der Waals surface area contributed by atoms with Crippen molar-refractivity contribution in [3.05, 3.63) is 99.1 Å². The predicted octanol–water partition coefficient (Wildman–Crippen LogP) is 5.86. The van der Waals surface area contributed by atoms with Gasteiger partial charge in [-0.3, -0.25) is 19.1 Å². The number of nitrogens with one attached hydrogen (secondary N) is 1. The summed E-state index contributed by atoms with van der Waals surface area (Å²) < 4.78 is 1.77. The topological polar surface area (TPSA) is 76.9 Å². The van der Waals surface area contributed by atoms with Gasteiger partial charge in [0.15, 0.2) is 5.16 Å². The molecule has 0 unspecified atom stereocenters. The maximum absolute atomic E-state index is 13.4. The standard InChI is InChI=1S/C27H27ClN4O2S/c1-2-3-4-14-32-26(34)23-9-8-21(25(33)30-17-20-6-5-7-22(28)15-20)16-24(23)31-27(32)35-18-19-10-12-29-13-11-19/h5-13,15-16H,2-4,14,17-18H2,1H3,(H,30,33). The summed E-state index contributed by atoms with van der Waals surface area (Å²) in [4.78, 5) is 35.0. The lowest BCUT2D eigenvalue weighted by atomic mass is 10.1. The predicted molar refractivity (Wildman–Crippen MR) is 142 cm³/mol. The molecule has 4 rings (SSSR count). The Balaban J connectivity index is 1.60. The minimum Gasteiger partial charge on any atom is -0.348 e. The molecule has 180 valence electrons. The average Bonchev–Trinajstić information content (AvgIpc) is 2.88. The second-order valence-corrected chi connectivity index (χ2v) is 9.63. The Kier molecular flexibility index (Phi) is 8.55. The number of pyridine rings is 1. The number of hydrogen-bond acceptors (Lipinski definition) is 5. The van der Waals surface area contributed by atoms with Crippen LogP contribution in [-0.2, 0) is 18.8 Å². The minimum absolute atomic E-state index is 0.0748. The van der Waals surface area contributed by atoms with Crippen molar-refractivity contribution in [2.45, 2.75) is 50.2 Å². The molecule has 0 bridgehead atoms. The van der Waals surface area contributed by atoms with Crippen LogP contribution in [0.2, 0.25) is 5.02 Å². The molecule has 0 radical (unpaired) electrons. The fraction of sp³-hybridized carbons (Fsp3) is 0.259. The van der Waals surface area contributed by atoms with Crippen LogP contribution < -0.4 is 10.9 Å². The van der Waals surface area contributed by atoms with Gasteiger partial charge in [0.2, 0.25) is 0 Å². The molecule has 0 aliphatic rings. The zero-order chi connectivity index (χ0) is 24.6. The van der Waals surface area contributed by atoms with Crippen LogP contribution in [0.3, 0.4) is 0 Å². The maximum atomic E-state index is 13.4. The van der Waals surface area contributed by atoms with Gasteiger partial charge in [-0.2, -0.15) is 0 Å². The number of hydrogen-bond donors (Lipinski definition) is 1. The Hall–Kier alpha value is -3.16. The number of fused-ring (bicyclic) bond motifs is 1. The lowest BCUT2D eigenvalue weighted by molar-refractivity contribution is 0.0951. The molecule has 1 amide bonds. The highest BCUT2D eigenvalue weighted by Crippen LogP contribution is 2.23. The van der Waals surface area contributed by atoms with Gasteiger partial charge in [-0.05, 0) is 60.0 Å². The van der Waals surface area contributed by atoms with E-state index in [4.69, 9.17) is 16.6 Å². The van der Waals surface area contributed by atoms with Gasteiger partial charge < -0.3 is 5.32 Å². The van der Waals surface area contributed by atoms with Crippen molar-refractivity contribution in [3.63, 3.8) is 0 Å². The van der Waals surface area contributed by atoms with E-state index in [-0.39, 0.29) is 11.5 Å². The van der Waals surface area contributed by atoms with Crippen molar-refractivity contribution < 1.29 is 4.79 Å². The molecule has 0 atom stereocenters. The molecular formula is C27H27ClN4O2S. The number of rotatable bonds is 10. The fourth-order valence-electron chi connectivity index (χ4n) is 3.73. The van der Waals surface area contributed by atoms with E-state index in [1.165, 1.54) is 11.8 Å². The molecule has 0 aliphatic carbocycles. The molecule has 2 heterocycles. The third-order valence-corrected chi connectivity index (χ3v) is 6.91. The smallest absolute Gasteiger partial charge is 0.262 e. The van der Waals surface area contributed by atoms with E-state index in [0.717, 1.165) is 30.4 Å². The van der Waals surface area contributed by atoms with Crippen LogP contribution in [0.25, 0.3) is 10.9 Å². The third-order valence-electron chi connectivity index (χ3n) is 5.63. The fourth-order valence-corrected chi connectivity index (χ4v) is 4.92. The Morgan fingerprint density at radius 3 is 2.66 bits per heavy atom. The number of unbranched alkanes of at least 4 members (excludes halogenated alkanes) is 2. The summed E-state index contributed by atoms with van der Waals surface area (Å²) in [6.07, 6.45) is 6.54. The van der Waals surface area contributed by atoms with Gasteiger partial charge in [0.1, 0.15) is 0 Å². The lowest BCUT2D eigenvalue weighted by Gasteiger charge is -2.14. The monoisotopic (exact) mass is 506 g/mol. The second-order valence-electron chi connectivity index (χ2n) is 8.25. The summed E-state index contributed by atoms with van der Waals surface area (Å²) in [5.74, 6) is 0.445. The molecular weight excluding hydrogens is 480 g/mol. The van der Waals surface area contributed by atoms with E-state index in [2.05, 4.69) is 17.2 Å². The minimum atomic E-state index is -0.230. The number of halogens is 1. The molecule has 35 heavy (non-hydrogen) atoms. The van der Waals surface area contributed by atoms with E-state index < -0.39 is 0 Å². The highest BCUT2D eigenvalue weighted by atomic mass is 35.5. The van der Waals surface area contributed by atoms with Gasteiger partial charge in [0, 0.05) is 41.8 Å². The Labute approximate surface area is 213 Å². The van der Waals surface area contributed by atoms with Crippen LogP contribution >= 0.6 is 23.4 Å². The van der Waals surface area contributed by atoms with Crippen molar-refractivity contribution in [3.8, 4) is 0 Å². The maximum Gasteiger partial charge on any atom is 0.262 e. The SMILES string of the molecule is CCCCCn1c(SCc2ccncc2)nc2cc(C(=O)NCc3cccc(Cl)c3)ccc2c1=O. The Morgan fingerprint density at radius 1 is 1.06 bits per heavy atom. The Morgan fingerprint density at radius 2 is 1.89 bits per heavy atom. The van der Waals surface area contributed by atoms with E-state index in [0.29, 0.717) is 45.5 Å². The normalized spacial score (nSPS) is 11.0. The van der Waals surface area contributed by atoms with Crippen LogP contribution in [0, 0.1) is 0 Å². The molecule has 0 spiro atoms. The highest BCUT2D eigenvalue weighted by Gasteiger charge is 2.14. The van der Waals surface area contributed by atoms with Gasteiger partial charge in [-0.25, -0.2) is 4.98 Å². The third kappa shape index (κ3) is 6.50. The van der Waals surface area contributed by atoms with Gasteiger partial charge >= 0.3 is 0 Å². The van der Waals surface area contributed by atoms with Crippen molar-refractivity contribution in [2.24, 2.45) is 0 Å². The highest BCUT2D eigenvalue weighted by molar-refractivity contribution is 7.98. The van der Waals surface area contributed by atoms with E-state index in [1.807, 2.05) is 30.3 Å². The van der Waals surface area contributed by atoms with Crippen LogP contribution in [0.5, 0.6) is 0 Å². The van der Waals surface area contributed by atoms with Crippen molar-refractivity contribution in [1.29, 1.82) is 0 Å². The molecule has 0 aliphatic heterocycles. The van der Waals surface area contributed by atoms with Crippen LogP contribution in [0.15, 0.2) is 76.9 Å². The molecule has 6 nitrogen and oxygen atoms in total. The van der Waals surface area contributed by atoms with Crippen molar-refractivity contribution in [2.75, 3.05) is 0 Å². The first-order chi connectivity index (χ1) is 17.0. The van der Waals surface area contributed by atoms with Gasteiger partial charge in [0.25, 0.3) is 11.5 Å². The largest absolute Gasteiger partial charge is 0.348 e. The summed E-state index contributed by atoms with van der Waals surface area (Å²) in [5, 5.41) is 4.71. The van der Waals surface area contributed by atoms with Gasteiger partial charge in [0.05, 0.1) is 10.9 Å². The molecule has 2 aromatic carbocycles. The van der Waals surface area contributed by atoms with E-state index in [9.17, 15) is 9.59 Å². The molecule has 1 N–H and O–H groups in total. The molecule has 0 fully saturated rings. The first kappa shape index (κ1) is 24.9. The number of amides is 1. The number of benzene rings is 2. The van der Waals surface area contributed by atoms with Crippen LogP contribution in [-0.4, -0.2) is 20.4 Å².